The van der Waals surface area contributed by atoms with Crippen molar-refractivity contribution < 1.29 is 24.6 Å². The molecule has 19 heavy (non-hydrogen) atoms. The summed E-state index contributed by atoms with van der Waals surface area (Å²) in [5.41, 5.74) is 0. The first-order valence-corrected chi connectivity index (χ1v) is 6.08. The Hall–Kier alpha value is -1.83. The van der Waals surface area contributed by atoms with Crippen LogP contribution in [0.5, 0.6) is 0 Å². The number of aliphatic carboxylic acids is 1. The van der Waals surface area contributed by atoms with Gasteiger partial charge in [-0.3, -0.25) is 4.79 Å². The third-order valence-corrected chi connectivity index (χ3v) is 2.97. The second kappa shape index (κ2) is 6.93. The van der Waals surface area contributed by atoms with Gasteiger partial charge in [-0.05, 0) is 6.42 Å². The molecule has 1 fully saturated rings. The third kappa shape index (κ3) is 4.40. The van der Waals surface area contributed by atoms with Crippen LogP contribution in [0.1, 0.15) is 12.8 Å². The van der Waals surface area contributed by atoms with Crippen LogP contribution in [-0.4, -0.2) is 77.3 Å². The van der Waals surface area contributed by atoms with E-state index in [2.05, 4.69) is 5.32 Å². The topological polar surface area (TPSA) is 110 Å². The number of carboxylic acids is 1. The molecule has 1 saturated heterocycles. The zero-order valence-corrected chi connectivity index (χ0v) is 10.8. The molecule has 0 spiro atoms. The van der Waals surface area contributed by atoms with E-state index < -0.39 is 18.0 Å². The van der Waals surface area contributed by atoms with Gasteiger partial charge in [0, 0.05) is 33.2 Å². The Kier molecular flexibility index (Phi) is 5.56. The van der Waals surface area contributed by atoms with Crippen molar-refractivity contribution in [1.82, 2.24) is 15.1 Å². The summed E-state index contributed by atoms with van der Waals surface area (Å²) in [6.07, 6.45) is 0.580. The summed E-state index contributed by atoms with van der Waals surface area (Å²) >= 11 is 0. The van der Waals surface area contributed by atoms with Crippen molar-refractivity contribution in [2.45, 2.75) is 18.9 Å². The monoisotopic (exact) mass is 273 g/mol. The Balaban J connectivity index is 2.60. The number of amides is 3. The lowest BCUT2D eigenvalue weighted by molar-refractivity contribution is -0.139. The second-order valence-corrected chi connectivity index (χ2v) is 4.44. The molecule has 8 nitrogen and oxygen atoms in total. The van der Waals surface area contributed by atoms with Gasteiger partial charge in [-0.25, -0.2) is 9.59 Å². The van der Waals surface area contributed by atoms with E-state index in [-0.39, 0.29) is 25.5 Å². The van der Waals surface area contributed by atoms with Crippen LogP contribution in [0.15, 0.2) is 0 Å². The highest BCUT2D eigenvalue weighted by Gasteiger charge is 2.26. The predicted octanol–water partition coefficient (Wildman–Crippen LogP) is -1.30. The summed E-state index contributed by atoms with van der Waals surface area (Å²) in [6.45, 7) is 0.571. The maximum absolute atomic E-state index is 11.9. The Bertz CT molecular complexity index is 360. The third-order valence-electron chi connectivity index (χ3n) is 2.97. The molecule has 0 radical (unpaired) electrons. The molecule has 0 aromatic carbocycles. The Morgan fingerprint density at radius 1 is 1.42 bits per heavy atom. The molecule has 0 aromatic rings. The van der Waals surface area contributed by atoms with Crippen LogP contribution in [-0.2, 0) is 9.59 Å². The molecular formula is C11H19N3O5. The van der Waals surface area contributed by atoms with Crippen LogP contribution in [0.2, 0.25) is 0 Å². The molecule has 1 rings (SSSR count). The van der Waals surface area contributed by atoms with Gasteiger partial charge in [-0.1, -0.05) is 0 Å². The van der Waals surface area contributed by atoms with Gasteiger partial charge >= 0.3 is 12.0 Å². The summed E-state index contributed by atoms with van der Waals surface area (Å²) < 4.78 is 0. The highest BCUT2D eigenvalue weighted by atomic mass is 16.4. The molecule has 3 amide bonds. The van der Waals surface area contributed by atoms with Crippen molar-refractivity contribution in [1.29, 1.82) is 0 Å². The predicted molar refractivity (Wildman–Crippen MR) is 65.5 cm³/mol. The van der Waals surface area contributed by atoms with E-state index in [1.165, 1.54) is 9.80 Å². The van der Waals surface area contributed by atoms with Gasteiger partial charge in [0.1, 0.15) is 12.6 Å². The lowest BCUT2D eigenvalue weighted by atomic mass is 10.2. The molecule has 1 aliphatic rings. The number of rotatable bonds is 4. The summed E-state index contributed by atoms with van der Waals surface area (Å²) in [6, 6.07) is -1.74. The van der Waals surface area contributed by atoms with Gasteiger partial charge in [0.25, 0.3) is 0 Å². The van der Waals surface area contributed by atoms with Gasteiger partial charge in [-0.2, -0.15) is 0 Å². The molecule has 108 valence electrons. The van der Waals surface area contributed by atoms with Crippen molar-refractivity contribution in [2.75, 3.05) is 33.3 Å². The number of aliphatic hydroxyl groups is 1. The second-order valence-electron chi connectivity index (χ2n) is 4.44. The SMILES string of the molecule is CN1CCCN(C(=O)N[C@@H](CCO)C(=O)O)CC1=O. The molecule has 0 aliphatic carbocycles. The molecule has 0 saturated carbocycles. The lowest BCUT2D eigenvalue weighted by Crippen LogP contribution is -2.49. The van der Waals surface area contributed by atoms with Crippen molar-refractivity contribution in [3.63, 3.8) is 0 Å². The van der Waals surface area contributed by atoms with Gasteiger partial charge in [0.15, 0.2) is 0 Å². The van der Waals surface area contributed by atoms with Crippen molar-refractivity contribution >= 4 is 17.9 Å². The van der Waals surface area contributed by atoms with E-state index >= 15 is 0 Å². The minimum atomic E-state index is -1.21. The smallest absolute Gasteiger partial charge is 0.326 e. The fourth-order valence-electron chi connectivity index (χ4n) is 1.79. The summed E-state index contributed by atoms with van der Waals surface area (Å²) in [4.78, 5) is 37.2. The zero-order valence-electron chi connectivity index (χ0n) is 10.8. The van der Waals surface area contributed by atoms with E-state index in [0.717, 1.165) is 0 Å². The number of aliphatic hydroxyl groups excluding tert-OH is 1. The largest absolute Gasteiger partial charge is 0.480 e. The fourth-order valence-corrected chi connectivity index (χ4v) is 1.79. The molecular weight excluding hydrogens is 254 g/mol. The highest BCUT2D eigenvalue weighted by molar-refractivity contribution is 5.86. The first kappa shape index (κ1) is 15.2. The average molecular weight is 273 g/mol. The van der Waals surface area contributed by atoms with Crippen LogP contribution in [0.25, 0.3) is 0 Å². The molecule has 1 atom stereocenters. The van der Waals surface area contributed by atoms with Crippen LogP contribution >= 0.6 is 0 Å². The summed E-state index contributed by atoms with van der Waals surface area (Å²) in [7, 11) is 1.66. The van der Waals surface area contributed by atoms with E-state index in [1.54, 1.807) is 7.05 Å². The van der Waals surface area contributed by atoms with Crippen LogP contribution in [0.3, 0.4) is 0 Å². The van der Waals surface area contributed by atoms with Crippen LogP contribution in [0.4, 0.5) is 4.79 Å². The number of likely N-dealkylation sites (N-methyl/N-ethyl adjacent to an activating group) is 1. The van der Waals surface area contributed by atoms with Crippen LogP contribution < -0.4 is 5.32 Å². The van der Waals surface area contributed by atoms with E-state index in [4.69, 9.17) is 10.2 Å². The lowest BCUT2D eigenvalue weighted by Gasteiger charge is -2.22. The first-order valence-electron chi connectivity index (χ1n) is 6.08. The van der Waals surface area contributed by atoms with Gasteiger partial charge < -0.3 is 25.3 Å². The maximum Gasteiger partial charge on any atom is 0.326 e. The van der Waals surface area contributed by atoms with Crippen molar-refractivity contribution in [3.05, 3.63) is 0 Å². The number of hydrogen-bond acceptors (Lipinski definition) is 4. The molecule has 1 aliphatic heterocycles. The first-order chi connectivity index (χ1) is 8.95. The molecule has 8 heteroatoms. The quantitative estimate of drug-likeness (QED) is 0.589. The number of carbonyl (C=O) groups is 3. The Morgan fingerprint density at radius 3 is 2.68 bits per heavy atom. The number of nitrogens with zero attached hydrogens (tertiary/aromatic N) is 2. The van der Waals surface area contributed by atoms with Crippen molar-refractivity contribution in [2.24, 2.45) is 0 Å². The molecule has 0 bridgehead atoms. The highest BCUT2D eigenvalue weighted by Crippen LogP contribution is 2.04. The van der Waals surface area contributed by atoms with Gasteiger partial charge in [0.05, 0.1) is 0 Å². The number of hydrogen-bond donors (Lipinski definition) is 3. The van der Waals surface area contributed by atoms with E-state index in [1.807, 2.05) is 0 Å². The molecule has 1 heterocycles. The van der Waals surface area contributed by atoms with E-state index in [9.17, 15) is 14.4 Å². The molecule has 0 unspecified atom stereocenters. The number of urea groups is 1. The average Bonchev–Trinajstić information content (AvgIpc) is 2.51. The summed E-state index contributed by atoms with van der Waals surface area (Å²) in [5, 5.41) is 19.9. The maximum atomic E-state index is 11.9. The minimum Gasteiger partial charge on any atom is -0.480 e. The fraction of sp³-hybridized carbons (Fsp3) is 0.727. The zero-order chi connectivity index (χ0) is 14.4. The normalized spacial score (nSPS) is 17.9. The van der Waals surface area contributed by atoms with Crippen LogP contribution in [0, 0.1) is 0 Å². The molecule has 3 N–H and O–H groups in total. The van der Waals surface area contributed by atoms with Gasteiger partial charge in [-0.15, -0.1) is 0 Å². The number of nitrogens with one attached hydrogen (secondary N) is 1. The standard InChI is InChI=1S/C11H19N3O5/c1-13-4-2-5-14(7-9(13)16)11(19)12-8(3-6-15)10(17)18/h8,15H,2-7H2,1H3,(H,12,19)(H,17,18)/t8-/m0/s1. The van der Waals surface area contributed by atoms with Crippen molar-refractivity contribution in [3.8, 4) is 0 Å². The summed E-state index contributed by atoms with van der Waals surface area (Å²) in [5.74, 6) is -1.39. The number of carboxylic acid groups (broad SMARTS) is 1. The number of carbonyl (C=O) groups excluding carboxylic acids is 2. The Labute approximate surface area is 111 Å². The van der Waals surface area contributed by atoms with Gasteiger partial charge in [0.2, 0.25) is 5.91 Å². The van der Waals surface area contributed by atoms with E-state index in [0.29, 0.717) is 19.5 Å². The Morgan fingerprint density at radius 2 is 2.11 bits per heavy atom. The minimum absolute atomic E-state index is 0.0617. The molecule has 0 aromatic heterocycles.